The van der Waals surface area contributed by atoms with Crippen molar-refractivity contribution in [1.82, 2.24) is 9.97 Å². The molecule has 3 nitrogen and oxygen atoms in total. The smallest absolute Gasteiger partial charge is 0.185 e. The number of hydrogen-bond acceptors (Lipinski definition) is 3. The molecular weight excluding hydrogens is 404 g/mol. The van der Waals surface area contributed by atoms with Gasteiger partial charge in [0, 0.05) is 35.9 Å². The molecule has 2 aromatic heterocycles. The molecule has 1 fully saturated rings. The summed E-state index contributed by atoms with van der Waals surface area (Å²) in [5.74, 6) is 0.161. The Bertz CT molecular complexity index is 1200. The van der Waals surface area contributed by atoms with E-state index in [0.29, 0.717) is 0 Å². The zero-order valence-electron chi connectivity index (χ0n) is 18.3. The van der Waals surface area contributed by atoms with Crippen LogP contribution < -0.4 is 0 Å². The molecule has 0 bridgehead atoms. The molecule has 160 valence electrons. The standard InChI is InChI=1S/C30H24N2O/c33-30-26(18-22-8-12-24(13-9-22)28-6-2-16-31-20-28)4-1-5-27(30)19-23-10-14-25(15-11-23)29-7-3-17-32-21-29/h2-3,6-21H,1,4-5H2. The molecular formula is C30H24N2O. The molecule has 0 N–H and O–H groups in total. The first-order chi connectivity index (χ1) is 16.3. The monoisotopic (exact) mass is 428 g/mol. The van der Waals surface area contributed by atoms with Crippen LogP contribution in [0.4, 0.5) is 0 Å². The number of hydrogen-bond donors (Lipinski definition) is 0. The first-order valence-corrected chi connectivity index (χ1v) is 11.2. The fourth-order valence-electron chi connectivity index (χ4n) is 4.19. The maximum absolute atomic E-state index is 13.2. The summed E-state index contributed by atoms with van der Waals surface area (Å²) in [6.45, 7) is 0. The quantitative estimate of drug-likeness (QED) is 0.328. The SMILES string of the molecule is O=C1C(=Cc2ccc(-c3cccnc3)cc2)CCCC1=Cc1ccc(-c2cccnc2)cc1. The lowest BCUT2D eigenvalue weighted by Crippen LogP contribution is -2.12. The molecule has 0 unspecified atom stereocenters. The summed E-state index contributed by atoms with van der Waals surface area (Å²) in [7, 11) is 0. The van der Waals surface area contributed by atoms with Crippen molar-refractivity contribution < 1.29 is 4.79 Å². The Morgan fingerprint density at radius 3 is 1.42 bits per heavy atom. The van der Waals surface area contributed by atoms with Crippen LogP contribution in [-0.4, -0.2) is 15.8 Å². The summed E-state index contributed by atoms with van der Waals surface area (Å²) in [4.78, 5) is 21.5. The van der Waals surface area contributed by atoms with E-state index in [-0.39, 0.29) is 5.78 Å². The zero-order valence-corrected chi connectivity index (χ0v) is 18.3. The minimum absolute atomic E-state index is 0.161. The maximum atomic E-state index is 13.2. The molecule has 1 aliphatic rings. The lowest BCUT2D eigenvalue weighted by atomic mass is 9.86. The van der Waals surface area contributed by atoms with Gasteiger partial charge in [0.2, 0.25) is 0 Å². The van der Waals surface area contributed by atoms with Crippen LogP contribution >= 0.6 is 0 Å². The van der Waals surface area contributed by atoms with E-state index in [1.165, 1.54) is 0 Å². The van der Waals surface area contributed by atoms with E-state index in [4.69, 9.17) is 0 Å². The Morgan fingerprint density at radius 1 is 0.576 bits per heavy atom. The lowest BCUT2D eigenvalue weighted by Gasteiger charge is -2.17. The molecule has 0 saturated heterocycles. The van der Waals surface area contributed by atoms with Crippen molar-refractivity contribution >= 4 is 17.9 Å². The second-order valence-corrected chi connectivity index (χ2v) is 8.25. The predicted octanol–water partition coefficient (Wildman–Crippen LogP) is 7.03. The largest absolute Gasteiger partial charge is 0.289 e. The lowest BCUT2D eigenvalue weighted by molar-refractivity contribution is -0.112. The first kappa shape index (κ1) is 20.8. The number of aromatic nitrogens is 2. The summed E-state index contributed by atoms with van der Waals surface area (Å²) < 4.78 is 0. The van der Waals surface area contributed by atoms with Gasteiger partial charge in [-0.25, -0.2) is 0 Å². The summed E-state index contributed by atoms with van der Waals surface area (Å²) in [6.07, 6.45) is 14.0. The van der Waals surface area contributed by atoms with Gasteiger partial charge in [-0.2, -0.15) is 0 Å². The van der Waals surface area contributed by atoms with Crippen molar-refractivity contribution in [3.63, 3.8) is 0 Å². The summed E-state index contributed by atoms with van der Waals surface area (Å²) >= 11 is 0. The highest BCUT2D eigenvalue weighted by Crippen LogP contribution is 2.29. The number of allylic oxidation sites excluding steroid dienone is 2. The van der Waals surface area contributed by atoms with Gasteiger partial charge < -0.3 is 0 Å². The highest BCUT2D eigenvalue weighted by Gasteiger charge is 2.20. The molecule has 3 heteroatoms. The number of carbonyl (C=O) groups is 1. The van der Waals surface area contributed by atoms with Crippen LogP contribution in [0, 0.1) is 0 Å². The molecule has 1 saturated carbocycles. The van der Waals surface area contributed by atoms with Crippen LogP contribution in [-0.2, 0) is 4.79 Å². The van der Waals surface area contributed by atoms with E-state index in [1.807, 2.05) is 48.8 Å². The number of pyridine rings is 2. The minimum atomic E-state index is 0.161. The molecule has 5 rings (SSSR count). The van der Waals surface area contributed by atoms with Crippen molar-refractivity contribution in [2.24, 2.45) is 0 Å². The van der Waals surface area contributed by atoms with E-state index in [1.54, 1.807) is 12.4 Å². The number of rotatable bonds is 4. The third-order valence-corrected chi connectivity index (χ3v) is 5.97. The molecule has 2 heterocycles. The summed E-state index contributed by atoms with van der Waals surface area (Å²) in [5.41, 5.74) is 8.28. The van der Waals surface area contributed by atoms with Gasteiger partial charge >= 0.3 is 0 Å². The van der Waals surface area contributed by atoms with E-state index >= 15 is 0 Å². The maximum Gasteiger partial charge on any atom is 0.185 e. The Morgan fingerprint density at radius 2 is 1.03 bits per heavy atom. The summed E-state index contributed by atoms with van der Waals surface area (Å²) in [5, 5.41) is 0. The number of benzene rings is 2. The van der Waals surface area contributed by atoms with E-state index in [2.05, 4.69) is 58.5 Å². The number of Topliss-reactive ketones (excluding diaryl/α,β-unsaturated/α-hetero) is 1. The highest BCUT2D eigenvalue weighted by molar-refractivity contribution is 6.14. The van der Waals surface area contributed by atoms with Gasteiger partial charge in [-0.05, 0) is 76.9 Å². The Balaban J connectivity index is 1.34. The molecule has 1 aliphatic carbocycles. The van der Waals surface area contributed by atoms with Crippen LogP contribution in [0.1, 0.15) is 30.4 Å². The van der Waals surface area contributed by atoms with Gasteiger partial charge in [0.25, 0.3) is 0 Å². The van der Waals surface area contributed by atoms with Gasteiger partial charge in [-0.1, -0.05) is 60.7 Å². The second-order valence-electron chi connectivity index (χ2n) is 8.25. The first-order valence-electron chi connectivity index (χ1n) is 11.2. The molecule has 0 spiro atoms. The molecule has 33 heavy (non-hydrogen) atoms. The Hall–Kier alpha value is -4.11. The number of nitrogens with zero attached hydrogens (tertiary/aromatic N) is 2. The van der Waals surface area contributed by atoms with Crippen LogP contribution in [0.2, 0.25) is 0 Å². The van der Waals surface area contributed by atoms with Gasteiger partial charge in [0.15, 0.2) is 5.78 Å². The van der Waals surface area contributed by atoms with Crippen molar-refractivity contribution in [3.8, 4) is 22.3 Å². The van der Waals surface area contributed by atoms with Gasteiger partial charge in [0.1, 0.15) is 0 Å². The molecule has 0 amide bonds. The second kappa shape index (κ2) is 9.58. The van der Waals surface area contributed by atoms with E-state index in [0.717, 1.165) is 63.8 Å². The highest BCUT2D eigenvalue weighted by atomic mass is 16.1. The topological polar surface area (TPSA) is 42.9 Å². The van der Waals surface area contributed by atoms with Gasteiger partial charge in [-0.15, -0.1) is 0 Å². The molecule has 0 aliphatic heterocycles. The molecule has 0 radical (unpaired) electrons. The van der Waals surface area contributed by atoms with E-state index in [9.17, 15) is 4.79 Å². The predicted molar refractivity (Wildman–Crippen MR) is 134 cm³/mol. The van der Waals surface area contributed by atoms with Crippen molar-refractivity contribution in [1.29, 1.82) is 0 Å². The number of ketones is 1. The normalized spacial score (nSPS) is 16.3. The minimum Gasteiger partial charge on any atom is -0.289 e. The van der Waals surface area contributed by atoms with Crippen molar-refractivity contribution in [2.45, 2.75) is 19.3 Å². The van der Waals surface area contributed by atoms with Crippen LogP contribution in [0.25, 0.3) is 34.4 Å². The molecule has 0 atom stereocenters. The Labute approximate surface area is 194 Å². The van der Waals surface area contributed by atoms with Crippen LogP contribution in [0.15, 0.2) is 109 Å². The van der Waals surface area contributed by atoms with Crippen LogP contribution in [0.5, 0.6) is 0 Å². The molecule has 2 aromatic carbocycles. The van der Waals surface area contributed by atoms with Gasteiger partial charge in [-0.3, -0.25) is 14.8 Å². The summed E-state index contributed by atoms with van der Waals surface area (Å²) in [6, 6.07) is 24.6. The number of carbonyl (C=O) groups excluding carboxylic acids is 1. The average Bonchev–Trinajstić information content (AvgIpc) is 2.88. The molecule has 4 aromatic rings. The zero-order chi connectivity index (χ0) is 22.5. The van der Waals surface area contributed by atoms with Crippen LogP contribution in [0.3, 0.4) is 0 Å². The van der Waals surface area contributed by atoms with E-state index < -0.39 is 0 Å². The Kier molecular flexibility index (Phi) is 6.03. The fraction of sp³-hybridized carbons (Fsp3) is 0.100. The van der Waals surface area contributed by atoms with Gasteiger partial charge in [0.05, 0.1) is 0 Å². The van der Waals surface area contributed by atoms with Crippen molar-refractivity contribution in [3.05, 3.63) is 120 Å². The average molecular weight is 429 g/mol. The fourth-order valence-corrected chi connectivity index (χ4v) is 4.19. The third kappa shape index (κ3) is 4.88. The van der Waals surface area contributed by atoms with Crippen molar-refractivity contribution in [2.75, 3.05) is 0 Å². The third-order valence-electron chi connectivity index (χ3n) is 5.97.